The normalized spacial score (nSPS) is 13.3. The molecule has 1 amide bonds. The Labute approximate surface area is 140 Å². The Morgan fingerprint density at radius 1 is 1.29 bits per heavy atom. The molecule has 6 heteroatoms. The van der Waals surface area contributed by atoms with E-state index in [4.69, 9.17) is 10.5 Å². The average molecular weight is 329 g/mol. The van der Waals surface area contributed by atoms with Crippen LogP contribution in [0.3, 0.4) is 0 Å². The number of amides is 1. The van der Waals surface area contributed by atoms with Crippen molar-refractivity contribution in [1.29, 1.82) is 0 Å². The lowest BCUT2D eigenvalue weighted by Crippen LogP contribution is -2.30. The summed E-state index contributed by atoms with van der Waals surface area (Å²) in [4.78, 5) is 13.6. The molecule has 3 N–H and O–H groups in total. The van der Waals surface area contributed by atoms with Crippen LogP contribution in [0.4, 0.5) is 26.2 Å². The molecule has 0 aliphatic carbocycles. The summed E-state index contributed by atoms with van der Waals surface area (Å²) in [7, 11) is 0. The highest BCUT2D eigenvalue weighted by Gasteiger charge is 2.18. The quantitative estimate of drug-likeness (QED) is 0.845. The molecule has 1 heterocycles. The Morgan fingerprint density at radius 3 is 2.88 bits per heavy atom. The summed E-state index contributed by atoms with van der Waals surface area (Å²) in [5, 5.41) is 2.61. The highest BCUT2D eigenvalue weighted by Crippen LogP contribution is 2.29. The molecule has 126 valence electrons. The van der Waals surface area contributed by atoms with Crippen LogP contribution >= 0.6 is 0 Å². The van der Waals surface area contributed by atoms with E-state index in [0.717, 1.165) is 24.2 Å². The number of anilines is 3. The van der Waals surface area contributed by atoms with Crippen molar-refractivity contribution in [3.8, 4) is 0 Å². The van der Waals surface area contributed by atoms with E-state index in [9.17, 15) is 9.18 Å². The van der Waals surface area contributed by atoms with E-state index in [1.165, 1.54) is 11.6 Å². The number of nitrogen functional groups attached to an aromatic ring is 1. The highest BCUT2D eigenvalue weighted by atomic mass is 19.1. The van der Waals surface area contributed by atoms with Crippen LogP contribution in [0.25, 0.3) is 0 Å². The van der Waals surface area contributed by atoms with Gasteiger partial charge in [-0.15, -0.1) is 0 Å². The summed E-state index contributed by atoms with van der Waals surface area (Å²) >= 11 is 0. The molecule has 1 aliphatic rings. The van der Waals surface area contributed by atoms with Crippen molar-refractivity contribution in [1.82, 2.24) is 0 Å². The van der Waals surface area contributed by atoms with E-state index < -0.39 is 6.09 Å². The molecular weight excluding hydrogens is 309 g/mol. The van der Waals surface area contributed by atoms with Crippen molar-refractivity contribution in [3.63, 3.8) is 0 Å². The third kappa shape index (κ3) is 3.42. The van der Waals surface area contributed by atoms with Gasteiger partial charge in [-0.2, -0.15) is 0 Å². The third-order valence-electron chi connectivity index (χ3n) is 4.09. The first kappa shape index (κ1) is 16.1. The zero-order valence-electron chi connectivity index (χ0n) is 13.5. The minimum atomic E-state index is -0.528. The number of carbonyl (C=O) groups excluding carboxylic acids is 1. The van der Waals surface area contributed by atoms with Crippen LogP contribution in [0.5, 0.6) is 0 Å². The predicted molar refractivity (Wildman–Crippen MR) is 92.7 cm³/mol. The molecule has 0 aromatic heterocycles. The number of ether oxygens (including phenoxy) is 1. The van der Waals surface area contributed by atoms with Gasteiger partial charge < -0.3 is 15.4 Å². The maximum atomic E-state index is 13.4. The monoisotopic (exact) mass is 329 g/mol. The summed E-state index contributed by atoms with van der Waals surface area (Å²) in [6.45, 7) is 3.51. The first-order valence-corrected chi connectivity index (χ1v) is 7.92. The first-order valence-electron chi connectivity index (χ1n) is 7.92. The zero-order valence-corrected chi connectivity index (χ0v) is 13.5. The number of hydrogen-bond acceptors (Lipinski definition) is 4. The Morgan fingerprint density at radius 2 is 2.12 bits per heavy atom. The van der Waals surface area contributed by atoms with Crippen molar-refractivity contribution < 1.29 is 13.9 Å². The molecule has 24 heavy (non-hydrogen) atoms. The van der Waals surface area contributed by atoms with Crippen molar-refractivity contribution in [2.75, 3.05) is 29.1 Å². The largest absolute Gasteiger partial charge is 0.450 e. The fourth-order valence-corrected chi connectivity index (χ4v) is 2.88. The fraction of sp³-hybridized carbons (Fsp3) is 0.278. The summed E-state index contributed by atoms with van der Waals surface area (Å²) in [5.41, 5.74) is 10.1. The van der Waals surface area contributed by atoms with E-state index in [2.05, 4.69) is 10.2 Å². The number of halogens is 1. The van der Waals surface area contributed by atoms with Crippen molar-refractivity contribution >= 4 is 23.2 Å². The predicted octanol–water partition coefficient (Wildman–Crippen LogP) is 3.54. The smallest absolute Gasteiger partial charge is 0.411 e. The second-order valence-electron chi connectivity index (χ2n) is 5.70. The summed E-state index contributed by atoms with van der Waals surface area (Å²) in [6.07, 6.45) is 0.331. The molecule has 0 saturated carbocycles. The van der Waals surface area contributed by atoms with Gasteiger partial charge in [0.1, 0.15) is 5.82 Å². The Kier molecular flexibility index (Phi) is 4.55. The number of carbonyl (C=O) groups is 1. The molecule has 2 aromatic carbocycles. The molecule has 0 unspecified atom stereocenters. The summed E-state index contributed by atoms with van der Waals surface area (Å²) < 4.78 is 18.3. The van der Waals surface area contributed by atoms with Gasteiger partial charge in [-0.3, -0.25) is 5.32 Å². The van der Waals surface area contributed by atoms with Gasteiger partial charge in [-0.1, -0.05) is 6.07 Å². The maximum Gasteiger partial charge on any atom is 0.411 e. The van der Waals surface area contributed by atoms with Crippen molar-refractivity contribution in [2.24, 2.45) is 0 Å². The van der Waals surface area contributed by atoms with Gasteiger partial charge in [-0.05, 0) is 54.8 Å². The molecule has 0 radical (unpaired) electrons. The third-order valence-corrected chi connectivity index (χ3v) is 4.09. The van der Waals surface area contributed by atoms with Gasteiger partial charge in [0.25, 0.3) is 0 Å². The topological polar surface area (TPSA) is 67.6 Å². The zero-order chi connectivity index (χ0) is 17.1. The van der Waals surface area contributed by atoms with E-state index in [-0.39, 0.29) is 5.82 Å². The number of rotatable bonds is 3. The Bertz CT molecular complexity index is 764. The van der Waals surface area contributed by atoms with Crippen LogP contribution in [0.1, 0.15) is 18.1 Å². The van der Waals surface area contributed by atoms with Crippen LogP contribution in [-0.4, -0.2) is 19.2 Å². The molecule has 0 saturated heterocycles. The number of nitrogens with one attached hydrogen (secondary N) is 1. The maximum absolute atomic E-state index is 13.4. The minimum Gasteiger partial charge on any atom is -0.450 e. The van der Waals surface area contributed by atoms with Gasteiger partial charge in [0.2, 0.25) is 0 Å². The van der Waals surface area contributed by atoms with E-state index in [0.29, 0.717) is 24.5 Å². The van der Waals surface area contributed by atoms with Crippen LogP contribution in [0.2, 0.25) is 0 Å². The van der Waals surface area contributed by atoms with Crippen LogP contribution < -0.4 is 16.0 Å². The molecule has 0 spiro atoms. The molecule has 5 nitrogen and oxygen atoms in total. The van der Waals surface area contributed by atoms with Gasteiger partial charge in [-0.25, -0.2) is 9.18 Å². The summed E-state index contributed by atoms with van der Waals surface area (Å²) in [6, 6.07) is 10.4. The standard InChI is InChI=1S/C18H20FN3O2/c1-2-24-18(23)21-17-6-5-15(10-16(17)20)22-8-7-12-3-4-14(19)9-13(12)11-22/h3-6,9-10H,2,7-8,11,20H2,1H3,(H,21,23). The molecular formula is C18H20FN3O2. The number of benzene rings is 2. The van der Waals surface area contributed by atoms with Gasteiger partial charge in [0.05, 0.1) is 18.0 Å². The molecule has 0 bridgehead atoms. The molecule has 0 atom stereocenters. The number of nitrogens with two attached hydrogens (primary N) is 1. The van der Waals surface area contributed by atoms with Crippen LogP contribution in [-0.2, 0) is 17.7 Å². The number of nitrogens with zero attached hydrogens (tertiary/aromatic N) is 1. The second-order valence-corrected chi connectivity index (χ2v) is 5.70. The Balaban J connectivity index is 1.76. The van der Waals surface area contributed by atoms with E-state index in [1.807, 2.05) is 18.2 Å². The van der Waals surface area contributed by atoms with E-state index in [1.54, 1.807) is 19.1 Å². The average Bonchev–Trinajstić information content (AvgIpc) is 2.56. The molecule has 3 rings (SSSR count). The Hall–Kier alpha value is -2.76. The lowest BCUT2D eigenvalue weighted by Gasteiger charge is -2.31. The molecule has 0 fully saturated rings. The lowest BCUT2D eigenvalue weighted by molar-refractivity contribution is 0.168. The van der Waals surface area contributed by atoms with Crippen LogP contribution in [0, 0.1) is 5.82 Å². The van der Waals surface area contributed by atoms with Crippen molar-refractivity contribution in [2.45, 2.75) is 19.9 Å². The van der Waals surface area contributed by atoms with Crippen molar-refractivity contribution in [3.05, 3.63) is 53.3 Å². The van der Waals surface area contributed by atoms with E-state index >= 15 is 0 Å². The van der Waals surface area contributed by atoms with Gasteiger partial charge in [0.15, 0.2) is 0 Å². The lowest BCUT2D eigenvalue weighted by atomic mass is 9.99. The second kappa shape index (κ2) is 6.78. The van der Waals surface area contributed by atoms with Crippen LogP contribution in [0.15, 0.2) is 36.4 Å². The minimum absolute atomic E-state index is 0.218. The van der Waals surface area contributed by atoms with Gasteiger partial charge in [0, 0.05) is 18.8 Å². The fourth-order valence-electron chi connectivity index (χ4n) is 2.88. The number of fused-ring (bicyclic) bond motifs is 1. The molecule has 1 aliphatic heterocycles. The highest BCUT2D eigenvalue weighted by molar-refractivity contribution is 5.89. The van der Waals surface area contributed by atoms with Gasteiger partial charge >= 0.3 is 6.09 Å². The first-order chi connectivity index (χ1) is 11.6. The number of hydrogen-bond donors (Lipinski definition) is 2. The summed E-state index contributed by atoms with van der Waals surface area (Å²) in [5.74, 6) is -0.218. The SMILES string of the molecule is CCOC(=O)Nc1ccc(N2CCc3ccc(F)cc3C2)cc1N. The molecule has 2 aromatic rings.